The minimum atomic E-state index is -0.677. The Morgan fingerprint density at radius 1 is 1.17 bits per heavy atom. The number of hydrogen-bond acceptors (Lipinski definition) is 3. The van der Waals surface area contributed by atoms with E-state index in [1.165, 1.54) is 0 Å². The van der Waals surface area contributed by atoms with Crippen LogP contribution in [-0.4, -0.2) is 39.6 Å². The Balaban J connectivity index is 1.86. The third-order valence-electron chi connectivity index (χ3n) is 6.78. The summed E-state index contributed by atoms with van der Waals surface area (Å²) in [6.45, 7) is 8.48. The molecule has 3 fully saturated rings. The molecule has 0 aromatic rings. The SMILES string of the molecule is CC1CC2CC(C)(O)CC(C(N)C(=O)N3C(C)CCC3C)(C1)C2. The predicted molar refractivity (Wildman–Crippen MR) is 91.8 cm³/mol. The van der Waals surface area contributed by atoms with Crippen LogP contribution >= 0.6 is 0 Å². The molecule has 1 saturated heterocycles. The van der Waals surface area contributed by atoms with Crippen LogP contribution in [0.1, 0.15) is 72.6 Å². The van der Waals surface area contributed by atoms with Gasteiger partial charge in [0.05, 0.1) is 11.6 Å². The summed E-state index contributed by atoms with van der Waals surface area (Å²) in [7, 11) is 0. The molecule has 4 nitrogen and oxygen atoms in total. The summed E-state index contributed by atoms with van der Waals surface area (Å²) in [6, 6.07) is 0.115. The van der Waals surface area contributed by atoms with E-state index in [2.05, 4.69) is 20.8 Å². The van der Waals surface area contributed by atoms with E-state index in [0.717, 1.165) is 38.5 Å². The van der Waals surface area contributed by atoms with Gasteiger partial charge in [0.1, 0.15) is 0 Å². The van der Waals surface area contributed by atoms with Gasteiger partial charge in [-0.05, 0) is 83.0 Å². The molecule has 3 N–H and O–H groups in total. The number of aliphatic hydroxyl groups is 1. The lowest BCUT2D eigenvalue weighted by atomic mass is 9.53. The van der Waals surface area contributed by atoms with Crippen LogP contribution in [0.4, 0.5) is 0 Å². The van der Waals surface area contributed by atoms with Crippen LogP contribution in [0.15, 0.2) is 0 Å². The molecule has 1 aliphatic heterocycles. The largest absolute Gasteiger partial charge is 0.390 e. The van der Waals surface area contributed by atoms with E-state index in [4.69, 9.17) is 5.73 Å². The van der Waals surface area contributed by atoms with Crippen molar-refractivity contribution in [1.82, 2.24) is 4.90 Å². The Kier molecular flexibility index (Phi) is 4.29. The van der Waals surface area contributed by atoms with Crippen LogP contribution in [0.2, 0.25) is 0 Å². The molecule has 3 rings (SSSR count). The van der Waals surface area contributed by atoms with Crippen LogP contribution in [-0.2, 0) is 4.79 Å². The molecular weight excluding hydrogens is 288 g/mol. The summed E-state index contributed by atoms with van der Waals surface area (Å²) in [6.07, 6.45) is 6.82. The van der Waals surface area contributed by atoms with Crippen LogP contribution < -0.4 is 5.73 Å². The van der Waals surface area contributed by atoms with Gasteiger partial charge in [0, 0.05) is 12.1 Å². The number of rotatable bonds is 2. The molecular formula is C19H34N2O2. The zero-order valence-corrected chi connectivity index (χ0v) is 15.2. The molecule has 2 bridgehead atoms. The van der Waals surface area contributed by atoms with Gasteiger partial charge in [0.15, 0.2) is 0 Å². The highest BCUT2D eigenvalue weighted by Gasteiger charge is 2.54. The number of amides is 1. The van der Waals surface area contributed by atoms with Crippen molar-refractivity contribution < 1.29 is 9.90 Å². The lowest BCUT2D eigenvalue weighted by Gasteiger charge is -2.55. The van der Waals surface area contributed by atoms with Crippen molar-refractivity contribution in [2.75, 3.05) is 0 Å². The van der Waals surface area contributed by atoms with Crippen LogP contribution in [0.5, 0.6) is 0 Å². The van der Waals surface area contributed by atoms with E-state index in [0.29, 0.717) is 30.3 Å². The van der Waals surface area contributed by atoms with Gasteiger partial charge < -0.3 is 15.7 Å². The molecule has 2 saturated carbocycles. The Bertz CT molecular complexity index is 464. The fourth-order valence-corrected chi connectivity index (χ4v) is 6.26. The highest BCUT2D eigenvalue weighted by Crippen LogP contribution is 2.55. The molecule has 1 heterocycles. The van der Waals surface area contributed by atoms with Crippen LogP contribution in [0.25, 0.3) is 0 Å². The van der Waals surface area contributed by atoms with Gasteiger partial charge in [-0.25, -0.2) is 0 Å². The zero-order chi connectivity index (χ0) is 17.0. The predicted octanol–water partition coefficient (Wildman–Crippen LogP) is 2.68. The average molecular weight is 322 g/mol. The highest BCUT2D eigenvalue weighted by atomic mass is 16.3. The normalized spacial score (nSPS) is 48.3. The van der Waals surface area contributed by atoms with Gasteiger partial charge >= 0.3 is 0 Å². The summed E-state index contributed by atoms with van der Waals surface area (Å²) in [5.74, 6) is 1.22. The molecule has 2 aliphatic carbocycles. The van der Waals surface area contributed by atoms with Gasteiger partial charge in [-0.2, -0.15) is 0 Å². The fourth-order valence-electron chi connectivity index (χ4n) is 6.26. The lowest BCUT2D eigenvalue weighted by molar-refractivity contribution is -0.147. The number of nitrogens with zero attached hydrogens (tertiary/aromatic N) is 1. The van der Waals surface area contributed by atoms with Crippen molar-refractivity contribution in [3.05, 3.63) is 0 Å². The topological polar surface area (TPSA) is 66.6 Å². The second-order valence-electron chi connectivity index (χ2n) is 9.35. The number of nitrogens with two attached hydrogens (primary N) is 1. The Morgan fingerprint density at radius 2 is 1.78 bits per heavy atom. The molecule has 0 spiro atoms. The maximum atomic E-state index is 13.2. The van der Waals surface area contributed by atoms with E-state index >= 15 is 0 Å². The first-order valence-corrected chi connectivity index (χ1v) is 9.44. The van der Waals surface area contributed by atoms with Crippen molar-refractivity contribution in [1.29, 1.82) is 0 Å². The molecule has 0 radical (unpaired) electrons. The quantitative estimate of drug-likeness (QED) is 0.821. The maximum absolute atomic E-state index is 13.2. The smallest absolute Gasteiger partial charge is 0.240 e. The van der Waals surface area contributed by atoms with Crippen molar-refractivity contribution >= 4 is 5.91 Å². The summed E-state index contributed by atoms with van der Waals surface area (Å²) in [5, 5.41) is 10.8. The zero-order valence-electron chi connectivity index (χ0n) is 15.2. The first-order valence-electron chi connectivity index (χ1n) is 9.44. The molecule has 132 valence electrons. The van der Waals surface area contributed by atoms with Crippen molar-refractivity contribution in [3.8, 4) is 0 Å². The van der Waals surface area contributed by atoms with Crippen LogP contribution in [0.3, 0.4) is 0 Å². The van der Waals surface area contributed by atoms with Gasteiger partial charge in [-0.3, -0.25) is 4.79 Å². The van der Waals surface area contributed by atoms with Gasteiger partial charge in [0.25, 0.3) is 0 Å². The Hall–Kier alpha value is -0.610. The standard InChI is InChI=1S/C19H34N2O2/c1-12-7-15-9-18(4,23)11-19(8-12,10-15)16(20)17(22)21-13(2)5-6-14(21)3/h12-16,23H,5-11,20H2,1-4H3. The molecule has 23 heavy (non-hydrogen) atoms. The Morgan fingerprint density at radius 3 is 2.39 bits per heavy atom. The number of carbonyl (C=O) groups is 1. The fraction of sp³-hybridized carbons (Fsp3) is 0.947. The number of carbonyl (C=O) groups excluding carboxylic acids is 1. The lowest BCUT2D eigenvalue weighted by Crippen LogP contribution is -2.61. The molecule has 4 heteroatoms. The first kappa shape index (κ1) is 17.2. The second kappa shape index (κ2) is 5.73. The van der Waals surface area contributed by atoms with Gasteiger partial charge in [-0.1, -0.05) is 6.92 Å². The van der Waals surface area contributed by atoms with Gasteiger partial charge in [0.2, 0.25) is 5.91 Å². The van der Waals surface area contributed by atoms with Crippen molar-refractivity contribution in [2.45, 2.75) is 96.4 Å². The Labute approximate surface area is 140 Å². The van der Waals surface area contributed by atoms with Crippen LogP contribution in [0, 0.1) is 17.3 Å². The summed E-state index contributed by atoms with van der Waals surface area (Å²) < 4.78 is 0. The molecule has 7 unspecified atom stereocenters. The third-order valence-corrected chi connectivity index (χ3v) is 6.78. The summed E-state index contributed by atoms with van der Waals surface area (Å²) in [4.78, 5) is 15.2. The summed E-state index contributed by atoms with van der Waals surface area (Å²) in [5.41, 5.74) is 5.72. The van der Waals surface area contributed by atoms with E-state index in [9.17, 15) is 9.90 Å². The molecule has 0 aromatic heterocycles. The number of fused-ring (bicyclic) bond motifs is 2. The number of likely N-dealkylation sites (tertiary alicyclic amines) is 1. The minimum absolute atomic E-state index is 0.119. The highest BCUT2D eigenvalue weighted by molar-refractivity contribution is 5.83. The van der Waals surface area contributed by atoms with E-state index in [1.807, 2.05) is 11.8 Å². The molecule has 1 amide bonds. The third kappa shape index (κ3) is 3.05. The van der Waals surface area contributed by atoms with Gasteiger partial charge in [-0.15, -0.1) is 0 Å². The molecule has 3 aliphatic rings. The molecule has 0 aromatic carbocycles. The molecule has 7 atom stereocenters. The van der Waals surface area contributed by atoms with Crippen molar-refractivity contribution in [2.24, 2.45) is 23.0 Å². The first-order chi connectivity index (χ1) is 10.6. The average Bonchev–Trinajstić information content (AvgIpc) is 2.73. The van der Waals surface area contributed by atoms with E-state index in [-0.39, 0.29) is 11.3 Å². The van der Waals surface area contributed by atoms with E-state index in [1.54, 1.807) is 0 Å². The maximum Gasteiger partial charge on any atom is 0.240 e. The number of hydrogen-bond donors (Lipinski definition) is 2. The second-order valence-corrected chi connectivity index (χ2v) is 9.35. The van der Waals surface area contributed by atoms with E-state index < -0.39 is 11.6 Å². The monoisotopic (exact) mass is 322 g/mol. The van der Waals surface area contributed by atoms with Crippen molar-refractivity contribution in [3.63, 3.8) is 0 Å². The summed E-state index contributed by atoms with van der Waals surface area (Å²) >= 11 is 0. The minimum Gasteiger partial charge on any atom is -0.390 e.